The van der Waals surface area contributed by atoms with E-state index in [1.807, 2.05) is 18.2 Å². The van der Waals surface area contributed by atoms with Gasteiger partial charge in [0.05, 0.1) is 23.9 Å². The van der Waals surface area contributed by atoms with Crippen molar-refractivity contribution in [2.24, 2.45) is 0 Å². The molecule has 0 aliphatic heterocycles. The van der Waals surface area contributed by atoms with Crippen LogP contribution < -0.4 is 10.1 Å². The topological polar surface area (TPSA) is 34.2 Å². The fourth-order valence-electron chi connectivity index (χ4n) is 2.10. The summed E-state index contributed by atoms with van der Waals surface area (Å²) in [6, 6.07) is 8.17. The van der Waals surface area contributed by atoms with E-state index in [1.54, 1.807) is 29.8 Å². The summed E-state index contributed by atoms with van der Waals surface area (Å²) in [5, 5.41) is 6.54. The summed E-state index contributed by atoms with van der Waals surface area (Å²) in [4.78, 5) is 5.99. The quantitative estimate of drug-likeness (QED) is 0.751. The fourth-order valence-corrected chi connectivity index (χ4v) is 3.91. The van der Waals surface area contributed by atoms with E-state index in [4.69, 9.17) is 4.74 Å². The van der Waals surface area contributed by atoms with Gasteiger partial charge in [0.25, 0.3) is 0 Å². The number of methoxy groups -OCH3 is 1. The Morgan fingerprint density at radius 1 is 1.30 bits per heavy atom. The third-order valence-corrected chi connectivity index (χ3v) is 5.15. The van der Waals surface area contributed by atoms with Crippen LogP contribution in [0.25, 0.3) is 10.2 Å². The van der Waals surface area contributed by atoms with Crippen molar-refractivity contribution >= 4 is 38.0 Å². The summed E-state index contributed by atoms with van der Waals surface area (Å²) in [6.07, 6.45) is 1.08. The van der Waals surface area contributed by atoms with Crippen LogP contribution in [0.4, 0.5) is 5.13 Å². The molecule has 0 atom stereocenters. The molecule has 2 heterocycles. The van der Waals surface area contributed by atoms with Gasteiger partial charge in [-0.3, -0.25) is 0 Å². The molecule has 0 amide bonds. The van der Waals surface area contributed by atoms with Crippen molar-refractivity contribution in [3.05, 3.63) is 40.1 Å². The van der Waals surface area contributed by atoms with Gasteiger partial charge in [0.1, 0.15) is 5.75 Å². The number of hydrogen-bond acceptors (Lipinski definition) is 5. The van der Waals surface area contributed by atoms with Crippen LogP contribution in [0.15, 0.2) is 29.6 Å². The number of nitrogens with one attached hydrogen (secondary N) is 1. The molecule has 1 N–H and O–H groups in total. The Morgan fingerprint density at radius 2 is 2.20 bits per heavy atom. The van der Waals surface area contributed by atoms with Gasteiger partial charge in [-0.25, -0.2) is 4.98 Å². The molecule has 1 aromatic carbocycles. The maximum absolute atomic E-state index is 5.24. The molecule has 3 rings (SSSR count). The number of anilines is 1. The number of nitrogens with zero attached hydrogens (tertiary/aromatic N) is 1. The molecule has 5 heteroatoms. The highest BCUT2D eigenvalue weighted by molar-refractivity contribution is 7.22. The van der Waals surface area contributed by atoms with Crippen LogP contribution >= 0.6 is 22.7 Å². The zero-order valence-electron chi connectivity index (χ0n) is 11.5. The zero-order valence-corrected chi connectivity index (χ0v) is 13.1. The highest BCUT2D eigenvalue weighted by atomic mass is 32.1. The number of rotatable bonds is 5. The van der Waals surface area contributed by atoms with E-state index in [0.717, 1.165) is 34.1 Å². The number of aryl methyl sites for hydroxylation is 1. The van der Waals surface area contributed by atoms with Gasteiger partial charge in [-0.1, -0.05) is 18.3 Å². The summed E-state index contributed by atoms with van der Waals surface area (Å²) >= 11 is 3.47. The van der Waals surface area contributed by atoms with Gasteiger partial charge >= 0.3 is 0 Å². The van der Waals surface area contributed by atoms with Gasteiger partial charge in [-0.05, 0) is 41.6 Å². The molecule has 0 fully saturated rings. The van der Waals surface area contributed by atoms with E-state index in [1.165, 1.54) is 10.4 Å². The van der Waals surface area contributed by atoms with Crippen molar-refractivity contribution in [2.45, 2.75) is 19.9 Å². The van der Waals surface area contributed by atoms with Crippen LogP contribution in [-0.2, 0) is 13.0 Å². The molecule has 3 aromatic rings. The van der Waals surface area contributed by atoms with Gasteiger partial charge in [-0.2, -0.15) is 0 Å². The van der Waals surface area contributed by atoms with Gasteiger partial charge in [0.2, 0.25) is 0 Å². The van der Waals surface area contributed by atoms with Crippen molar-refractivity contribution in [3.63, 3.8) is 0 Å². The van der Waals surface area contributed by atoms with Crippen molar-refractivity contribution < 1.29 is 4.74 Å². The van der Waals surface area contributed by atoms with Gasteiger partial charge in [-0.15, -0.1) is 11.3 Å². The largest absolute Gasteiger partial charge is 0.497 e. The monoisotopic (exact) mass is 304 g/mol. The van der Waals surface area contributed by atoms with Crippen LogP contribution in [-0.4, -0.2) is 12.1 Å². The minimum atomic E-state index is 0.845. The average Bonchev–Trinajstić information content (AvgIpc) is 3.09. The number of thiazole rings is 1. The summed E-state index contributed by atoms with van der Waals surface area (Å²) in [6.45, 7) is 3.04. The Hall–Kier alpha value is -1.59. The fraction of sp³-hybridized carbons (Fsp3) is 0.267. The Labute approximate surface area is 126 Å². The number of benzene rings is 1. The molecule has 0 saturated heterocycles. The van der Waals surface area contributed by atoms with Gasteiger partial charge in [0, 0.05) is 4.88 Å². The zero-order chi connectivity index (χ0) is 13.9. The van der Waals surface area contributed by atoms with Crippen LogP contribution in [0.1, 0.15) is 17.4 Å². The lowest BCUT2D eigenvalue weighted by molar-refractivity contribution is 0.415. The summed E-state index contributed by atoms with van der Waals surface area (Å²) in [5.74, 6) is 0.874. The molecule has 20 heavy (non-hydrogen) atoms. The van der Waals surface area contributed by atoms with E-state index in [0.29, 0.717) is 0 Å². The average molecular weight is 304 g/mol. The standard InChI is InChI=1S/C15H16N2OS2/c1-3-10-6-7-19-14(10)9-16-15-17-12-5-4-11(18-2)8-13(12)20-15/h4-8H,3,9H2,1-2H3,(H,16,17). The highest BCUT2D eigenvalue weighted by Crippen LogP contribution is 2.30. The number of fused-ring (bicyclic) bond motifs is 1. The maximum atomic E-state index is 5.24. The van der Waals surface area contributed by atoms with E-state index >= 15 is 0 Å². The Bertz CT molecular complexity index is 718. The first-order valence-corrected chi connectivity index (χ1v) is 8.23. The first kappa shape index (κ1) is 13.4. The van der Waals surface area contributed by atoms with E-state index in [-0.39, 0.29) is 0 Å². The number of hydrogen-bond donors (Lipinski definition) is 1. The molecular weight excluding hydrogens is 288 g/mol. The smallest absolute Gasteiger partial charge is 0.184 e. The second kappa shape index (κ2) is 5.81. The summed E-state index contributed by atoms with van der Waals surface area (Å²) < 4.78 is 6.39. The molecule has 3 nitrogen and oxygen atoms in total. The van der Waals surface area contributed by atoms with Gasteiger partial charge < -0.3 is 10.1 Å². The third-order valence-electron chi connectivity index (χ3n) is 3.21. The molecule has 0 aliphatic carbocycles. The predicted octanol–water partition coefficient (Wildman–Crippen LogP) is 4.54. The highest BCUT2D eigenvalue weighted by Gasteiger charge is 2.07. The summed E-state index contributed by atoms with van der Waals surface area (Å²) in [5.41, 5.74) is 2.44. The molecule has 0 saturated carbocycles. The lowest BCUT2D eigenvalue weighted by atomic mass is 10.2. The molecule has 2 aromatic heterocycles. The van der Waals surface area contributed by atoms with Crippen LogP contribution in [0, 0.1) is 0 Å². The molecule has 0 spiro atoms. The van der Waals surface area contributed by atoms with E-state index < -0.39 is 0 Å². The van der Waals surface area contributed by atoms with Crippen molar-refractivity contribution in [3.8, 4) is 5.75 Å². The molecule has 0 aliphatic rings. The lowest BCUT2D eigenvalue weighted by Crippen LogP contribution is -1.98. The van der Waals surface area contributed by atoms with E-state index in [9.17, 15) is 0 Å². The Morgan fingerprint density at radius 3 is 3.00 bits per heavy atom. The molecule has 0 unspecified atom stereocenters. The maximum Gasteiger partial charge on any atom is 0.184 e. The Kier molecular flexibility index (Phi) is 3.89. The van der Waals surface area contributed by atoms with Crippen molar-refractivity contribution in [2.75, 3.05) is 12.4 Å². The number of thiophene rings is 1. The van der Waals surface area contributed by atoms with Crippen molar-refractivity contribution in [1.82, 2.24) is 4.98 Å². The Balaban J connectivity index is 1.77. The lowest BCUT2D eigenvalue weighted by Gasteiger charge is -2.02. The number of ether oxygens (including phenoxy) is 1. The molecule has 0 bridgehead atoms. The molecule has 104 valence electrons. The SMILES string of the molecule is CCc1ccsc1CNc1nc2ccc(OC)cc2s1. The van der Waals surface area contributed by atoms with Crippen molar-refractivity contribution in [1.29, 1.82) is 0 Å². The second-order valence-electron chi connectivity index (χ2n) is 4.43. The van der Waals surface area contributed by atoms with Crippen LogP contribution in [0.2, 0.25) is 0 Å². The first-order valence-electron chi connectivity index (χ1n) is 6.54. The minimum absolute atomic E-state index is 0.845. The van der Waals surface area contributed by atoms with Crippen LogP contribution in [0.3, 0.4) is 0 Å². The van der Waals surface area contributed by atoms with Gasteiger partial charge in [0.15, 0.2) is 5.13 Å². The molecular formula is C15H16N2OS2. The second-order valence-corrected chi connectivity index (χ2v) is 6.46. The summed E-state index contributed by atoms with van der Waals surface area (Å²) in [7, 11) is 1.68. The minimum Gasteiger partial charge on any atom is -0.497 e. The normalized spacial score (nSPS) is 10.9. The third kappa shape index (κ3) is 2.64. The predicted molar refractivity (Wildman–Crippen MR) is 87.2 cm³/mol. The number of aromatic nitrogens is 1. The van der Waals surface area contributed by atoms with Crippen LogP contribution in [0.5, 0.6) is 5.75 Å². The molecule has 0 radical (unpaired) electrons. The van der Waals surface area contributed by atoms with E-state index in [2.05, 4.69) is 28.7 Å². The first-order chi connectivity index (χ1) is 9.80.